The van der Waals surface area contributed by atoms with Crippen LogP contribution in [0.25, 0.3) is 11.1 Å². The van der Waals surface area contributed by atoms with Crippen molar-refractivity contribution >= 4 is 11.5 Å². The minimum absolute atomic E-state index is 0.118. The molecule has 2 aromatic carbocycles. The largest absolute Gasteiger partial charge is 0.573 e. The monoisotopic (exact) mass is 505 g/mol. The van der Waals surface area contributed by atoms with Crippen molar-refractivity contribution in [1.29, 1.82) is 0 Å². The number of fused-ring (bicyclic) bond motifs is 1. The van der Waals surface area contributed by atoms with Gasteiger partial charge in [-0.3, -0.25) is 4.79 Å². The average molecular weight is 505 g/mol. The molecule has 0 aliphatic carbocycles. The van der Waals surface area contributed by atoms with E-state index < -0.39 is 42.4 Å². The predicted octanol–water partition coefficient (Wildman–Crippen LogP) is 5.75. The minimum Gasteiger partial charge on any atom is -0.489 e. The second-order valence-corrected chi connectivity index (χ2v) is 9.28. The molecule has 1 N–H and O–H groups in total. The van der Waals surface area contributed by atoms with E-state index in [4.69, 9.17) is 4.74 Å². The van der Waals surface area contributed by atoms with Crippen LogP contribution in [0.4, 0.5) is 32.0 Å². The third-order valence-corrected chi connectivity index (χ3v) is 5.55. The zero-order valence-electron chi connectivity index (χ0n) is 19.2. The zero-order chi connectivity index (χ0) is 26.2. The number of para-hydroxylation sites is 1. The van der Waals surface area contributed by atoms with Crippen molar-refractivity contribution in [2.45, 2.75) is 51.9 Å². The molecule has 11 heteroatoms. The standard InChI is InChI=1S/C24H25F6NO4/c1-22(2,3)19(32)11-15-13-34-21-17(14-6-4-7-16(10-14)35-24(28,29)30)8-5-9-18(21)31(15)12-20(33)23(25,26)27/h4-10,15,20,33H,11-13H2,1-3H3. The summed E-state index contributed by atoms with van der Waals surface area (Å²) in [4.78, 5) is 13.9. The summed E-state index contributed by atoms with van der Waals surface area (Å²) in [6.07, 6.45) is -12.6. The molecule has 0 spiro atoms. The van der Waals surface area contributed by atoms with Gasteiger partial charge in [-0.25, -0.2) is 0 Å². The molecule has 3 rings (SSSR count). The highest BCUT2D eigenvalue weighted by Gasteiger charge is 2.42. The maximum atomic E-state index is 13.2. The van der Waals surface area contributed by atoms with Crippen LogP contribution >= 0.6 is 0 Å². The molecule has 2 aromatic rings. The van der Waals surface area contributed by atoms with E-state index in [1.54, 1.807) is 26.8 Å². The van der Waals surface area contributed by atoms with E-state index in [2.05, 4.69) is 4.74 Å². The number of anilines is 1. The van der Waals surface area contributed by atoms with Gasteiger partial charge in [-0.15, -0.1) is 13.2 Å². The number of rotatable bonds is 6. The summed E-state index contributed by atoms with van der Waals surface area (Å²) < 4.78 is 87.4. The quantitative estimate of drug-likeness (QED) is 0.507. The number of aliphatic hydroxyl groups excluding tert-OH is 1. The van der Waals surface area contributed by atoms with Crippen LogP contribution in [0, 0.1) is 5.41 Å². The first-order valence-electron chi connectivity index (χ1n) is 10.7. The Morgan fingerprint density at radius 3 is 2.37 bits per heavy atom. The van der Waals surface area contributed by atoms with E-state index in [9.17, 15) is 36.2 Å². The number of β-amino-alcohol motifs (C(OH)–C–C–N with tert-alkyl or cyclic N) is 1. The van der Waals surface area contributed by atoms with Gasteiger partial charge in [0.05, 0.1) is 18.3 Å². The van der Waals surface area contributed by atoms with Gasteiger partial charge in [0.2, 0.25) is 0 Å². The number of nitrogens with zero attached hydrogens (tertiary/aromatic N) is 1. The SMILES string of the molecule is CC(C)(C)C(=O)CC1COc2c(-c3cccc(OC(F)(F)F)c3)cccc2N1CC(O)C(F)(F)F. The van der Waals surface area contributed by atoms with Gasteiger partial charge in [0.25, 0.3) is 0 Å². The number of alkyl halides is 6. The molecule has 0 bridgehead atoms. The van der Waals surface area contributed by atoms with Crippen LogP contribution in [-0.4, -0.2) is 48.7 Å². The van der Waals surface area contributed by atoms with Crippen molar-refractivity contribution in [2.24, 2.45) is 5.41 Å². The Balaban J connectivity index is 2.03. The number of carbonyl (C=O) groups is 1. The Kier molecular flexibility index (Phi) is 7.31. The van der Waals surface area contributed by atoms with Gasteiger partial charge >= 0.3 is 12.5 Å². The van der Waals surface area contributed by atoms with E-state index in [0.717, 1.165) is 12.1 Å². The molecule has 2 unspecified atom stereocenters. The number of benzene rings is 2. The van der Waals surface area contributed by atoms with Gasteiger partial charge in [-0.05, 0) is 23.8 Å². The highest BCUT2D eigenvalue weighted by Crippen LogP contribution is 2.44. The van der Waals surface area contributed by atoms with Crippen molar-refractivity contribution in [3.8, 4) is 22.6 Å². The van der Waals surface area contributed by atoms with E-state index in [1.807, 2.05) is 0 Å². The van der Waals surface area contributed by atoms with Crippen molar-refractivity contribution in [2.75, 3.05) is 18.1 Å². The molecule has 1 aliphatic heterocycles. The lowest BCUT2D eigenvalue weighted by atomic mass is 9.86. The maximum Gasteiger partial charge on any atom is 0.573 e. The number of Topliss-reactive ketones (excluding diaryl/α,β-unsaturated/α-hetero) is 1. The first-order chi connectivity index (χ1) is 16.1. The van der Waals surface area contributed by atoms with Crippen LogP contribution in [0.15, 0.2) is 42.5 Å². The molecule has 1 heterocycles. The summed E-state index contributed by atoms with van der Waals surface area (Å²) in [5, 5.41) is 9.79. The lowest BCUT2D eigenvalue weighted by Gasteiger charge is -2.41. The Labute approximate surface area is 198 Å². The number of hydrogen-bond acceptors (Lipinski definition) is 5. The molecule has 0 saturated heterocycles. The van der Waals surface area contributed by atoms with E-state index in [-0.39, 0.29) is 35.8 Å². The Morgan fingerprint density at radius 2 is 1.77 bits per heavy atom. The normalized spacial score (nSPS) is 17.4. The fourth-order valence-corrected chi connectivity index (χ4v) is 3.68. The first kappa shape index (κ1) is 26.7. The molecular formula is C24H25F6NO4. The Morgan fingerprint density at radius 1 is 1.11 bits per heavy atom. The second-order valence-electron chi connectivity index (χ2n) is 9.28. The molecule has 2 atom stereocenters. The molecule has 0 saturated carbocycles. The first-order valence-corrected chi connectivity index (χ1v) is 10.7. The summed E-state index contributed by atoms with van der Waals surface area (Å²) in [6.45, 7) is 4.07. The van der Waals surface area contributed by atoms with Crippen LogP contribution in [0.1, 0.15) is 27.2 Å². The number of hydrogen-bond donors (Lipinski definition) is 1. The van der Waals surface area contributed by atoms with Crippen molar-refractivity contribution in [3.63, 3.8) is 0 Å². The molecule has 5 nitrogen and oxygen atoms in total. The smallest absolute Gasteiger partial charge is 0.489 e. The summed E-state index contributed by atoms with van der Waals surface area (Å²) in [5.41, 5.74) is 0.0484. The molecule has 0 aromatic heterocycles. The summed E-state index contributed by atoms with van der Waals surface area (Å²) >= 11 is 0. The summed E-state index contributed by atoms with van der Waals surface area (Å²) in [5.74, 6) is -0.541. The highest BCUT2D eigenvalue weighted by atomic mass is 19.4. The number of halogens is 6. The fraction of sp³-hybridized carbons (Fsp3) is 0.458. The number of ketones is 1. The van der Waals surface area contributed by atoms with Crippen molar-refractivity contribution in [1.82, 2.24) is 0 Å². The van der Waals surface area contributed by atoms with Crippen LogP contribution in [0.3, 0.4) is 0 Å². The lowest BCUT2D eigenvalue weighted by Crippen LogP contribution is -2.51. The Hall–Kier alpha value is -2.95. The second kappa shape index (κ2) is 9.60. The molecule has 0 fully saturated rings. The maximum absolute atomic E-state index is 13.2. The van der Waals surface area contributed by atoms with Gasteiger partial charge in [-0.2, -0.15) is 13.2 Å². The van der Waals surface area contributed by atoms with E-state index in [0.29, 0.717) is 5.56 Å². The number of carbonyl (C=O) groups excluding carboxylic acids is 1. The lowest BCUT2D eigenvalue weighted by molar-refractivity contribution is -0.274. The van der Waals surface area contributed by atoms with E-state index >= 15 is 0 Å². The highest BCUT2D eigenvalue weighted by molar-refractivity contribution is 5.85. The van der Waals surface area contributed by atoms with Crippen molar-refractivity contribution < 1.29 is 45.7 Å². The van der Waals surface area contributed by atoms with Gasteiger partial charge in [-0.1, -0.05) is 45.0 Å². The summed E-state index contributed by atoms with van der Waals surface area (Å²) in [6, 6.07) is 8.85. The average Bonchev–Trinajstić information content (AvgIpc) is 2.72. The third kappa shape index (κ3) is 6.59. The molecule has 1 aliphatic rings. The van der Waals surface area contributed by atoms with Crippen LogP contribution in [0.2, 0.25) is 0 Å². The van der Waals surface area contributed by atoms with Gasteiger partial charge in [0.15, 0.2) is 11.9 Å². The van der Waals surface area contributed by atoms with Crippen LogP contribution in [0.5, 0.6) is 11.5 Å². The van der Waals surface area contributed by atoms with Gasteiger partial charge in [0, 0.05) is 17.4 Å². The summed E-state index contributed by atoms with van der Waals surface area (Å²) in [7, 11) is 0. The van der Waals surface area contributed by atoms with Crippen molar-refractivity contribution in [3.05, 3.63) is 42.5 Å². The topological polar surface area (TPSA) is 59.0 Å². The molecular weight excluding hydrogens is 480 g/mol. The van der Waals surface area contributed by atoms with Gasteiger partial charge in [0.1, 0.15) is 18.1 Å². The van der Waals surface area contributed by atoms with Gasteiger partial charge < -0.3 is 19.5 Å². The third-order valence-electron chi connectivity index (χ3n) is 5.55. The fourth-order valence-electron chi connectivity index (χ4n) is 3.68. The molecule has 0 amide bonds. The number of aliphatic hydroxyl groups is 1. The molecule has 192 valence electrons. The number of ether oxygens (including phenoxy) is 2. The molecule has 0 radical (unpaired) electrons. The predicted molar refractivity (Wildman–Crippen MR) is 116 cm³/mol. The van der Waals surface area contributed by atoms with Crippen LogP contribution in [-0.2, 0) is 4.79 Å². The Bertz CT molecular complexity index is 1060. The van der Waals surface area contributed by atoms with Crippen LogP contribution < -0.4 is 14.4 Å². The zero-order valence-corrected chi connectivity index (χ0v) is 19.2. The van der Waals surface area contributed by atoms with E-state index in [1.165, 1.54) is 29.2 Å². The molecule has 35 heavy (non-hydrogen) atoms. The minimum atomic E-state index is -4.90.